The molecule has 0 bridgehead atoms. The highest BCUT2D eigenvalue weighted by molar-refractivity contribution is 5.81. The predicted molar refractivity (Wildman–Crippen MR) is 73.5 cm³/mol. The van der Waals surface area contributed by atoms with Crippen molar-refractivity contribution in [1.29, 1.82) is 0 Å². The van der Waals surface area contributed by atoms with E-state index >= 15 is 0 Å². The lowest BCUT2D eigenvalue weighted by Gasteiger charge is -2.13. The van der Waals surface area contributed by atoms with E-state index in [0.29, 0.717) is 18.0 Å². The molecule has 2 aromatic heterocycles. The Morgan fingerprint density at radius 3 is 2.84 bits per heavy atom. The van der Waals surface area contributed by atoms with Crippen molar-refractivity contribution < 1.29 is 0 Å². The fourth-order valence-electron chi connectivity index (χ4n) is 1.92. The number of aromatic amines is 1. The van der Waals surface area contributed by atoms with E-state index in [-0.39, 0.29) is 6.04 Å². The van der Waals surface area contributed by atoms with Crippen molar-refractivity contribution in [3.63, 3.8) is 0 Å². The number of anilines is 1. The number of imidazole rings is 1. The van der Waals surface area contributed by atoms with E-state index in [9.17, 15) is 0 Å². The summed E-state index contributed by atoms with van der Waals surface area (Å²) in [5, 5.41) is 3.22. The van der Waals surface area contributed by atoms with E-state index in [1.807, 2.05) is 30.3 Å². The molecule has 0 saturated carbocycles. The normalized spacial score (nSPS) is 12.5. The molecule has 0 aliphatic heterocycles. The Hall–Kier alpha value is -2.47. The third kappa shape index (κ3) is 2.38. The van der Waals surface area contributed by atoms with Gasteiger partial charge in [0.1, 0.15) is 11.8 Å². The fraction of sp³-hybridized carbons (Fsp3) is 0.154. The maximum atomic E-state index is 6.13. The first-order valence-electron chi connectivity index (χ1n) is 6.03. The molecule has 2 heterocycles. The number of benzene rings is 1. The van der Waals surface area contributed by atoms with Crippen LogP contribution in [-0.4, -0.2) is 26.5 Å². The largest absolute Gasteiger partial charge is 0.366 e. The minimum atomic E-state index is -0.0888. The molecule has 0 fully saturated rings. The lowest BCUT2D eigenvalue weighted by molar-refractivity contribution is 0.762. The Labute approximate surface area is 110 Å². The van der Waals surface area contributed by atoms with Gasteiger partial charge in [-0.1, -0.05) is 30.3 Å². The number of hydrogen-bond donors (Lipinski definition) is 3. The molecule has 19 heavy (non-hydrogen) atoms. The van der Waals surface area contributed by atoms with Gasteiger partial charge in [0, 0.05) is 12.6 Å². The number of rotatable bonds is 4. The van der Waals surface area contributed by atoms with Crippen LogP contribution in [0.5, 0.6) is 0 Å². The summed E-state index contributed by atoms with van der Waals surface area (Å²) >= 11 is 0. The second-order valence-corrected chi connectivity index (χ2v) is 4.22. The SMILES string of the molecule is NC(CNc1ncnc2nc[nH]c12)c1ccccc1. The summed E-state index contributed by atoms with van der Waals surface area (Å²) in [7, 11) is 0. The maximum absolute atomic E-state index is 6.13. The van der Waals surface area contributed by atoms with Crippen LogP contribution in [0.15, 0.2) is 43.0 Å². The van der Waals surface area contributed by atoms with Crippen LogP contribution in [0.2, 0.25) is 0 Å². The molecule has 1 atom stereocenters. The first-order chi connectivity index (χ1) is 9.34. The number of nitrogens with zero attached hydrogens (tertiary/aromatic N) is 3. The van der Waals surface area contributed by atoms with Crippen LogP contribution in [0, 0.1) is 0 Å². The zero-order valence-corrected chi connectivity index (χ0v) is 10.2. The van der Waals surface area contributed by atoms with Crippen LogP contribution >= 0.6 is 0 Å². The highest BCUT2D eigenvalue weighted by atomic mass is 15.1. The van der Waals surface area contributed by atoms with Crippen molar-refractivity contribution in [2.75, 3.05) is 11.9 Å². The molecule has 6 nitrogen and oxygen atoms in total. The van der Waals surface area contributed by atoms with Crippen molar-refractivity contribution in [3.8, 4) is 0 Å². The van der Waals surface area contributed by atoms with Gasteiger partial charge in [-0.05, 0) is 5.56 Å². The number of H-pyrrole nitrogens is 1. The second-order valence-electron chi connectivity index (χ2n) is 4.22. The van der Waals surface area contributed by atoms with Crippen molar-refractivity contribution in [1.82, 2.24) is 19.9 Å². The highest BCUT2D eigenvalue weighted by Crippen LogP contribution is 2.16. The summed E-state index contributed by atoms with van der Waals surface area (Å²) in [4.78, 5) is 15.4. The summed E-state index contributed by atoms with van der Waals surface area (Å²) in [6.07, 6.45) is 3.08. The number of aromatic nitrogens is 4. The van der Waals surface area contributed by atoms with E-state index < -0.39 is 0 Å². The van der Waals surface area contributed by atoms with Gasteiger partial charge in [0.15, 0.2) is 11.5 Å². The van der Waals surface area contributed by atoms with E-state index in [0.717, 1.165) is 11.1 Å². The van der Waals surface area contributed by atoms with Crippen LogP contribution in [0.25, 0.3) is 11.2 Å². The van der Waals surface area contributed by atoms with E-state index in [1.54, 1.807) is 6.33 Å². The molecule has 0 radical (unpaired) electrons. The minimum absolute atomic E-state index is 0.0888. The Bertz CT molecular complexity index is 663. The first kappa shape index (κ1) is 11.6. The third-order valence-corrected chi connectivity index (χ3v) is 2.94. The van der Waals surface area contributed by atoms with Crippen molar-refractivity contribution in [2.45, 2.75) is 6.04 Å². The Morgan fingerprint density at radius 2 is 2.00 bits per heavy atom. The van der Waals surface area contributed by atoms with Gasteiger partial charge in [0.2, 0.25) is 0 Å². The lowest BCUT2D eigenvalue weighted by atomic mass is 10.1. The molecule has 6 heteroatoms. The van der Waals surface area contributed by atoms with Gasteiger partial charge in [-0.15, -0.1) is 0 Å². The van der Waals surface area contributed by atoms with Crippen LogP contribution < -0.4 is 11.1 Å². The predicted octanol–water partition coefficient (Wildman–Crippen LogP) is 1.46. The molecule has 0 spiro atoms. The summed E-state index contributed by atoms with van der Waals surface area (Å²) in [6, 6.07) is 9.87. The van der Waals surface area contributed by atoms with E-state index in [4.69, 9.17) is 5.73 Å². The summed E-state index contributed by atoms with van der Waals surface area (Å²) in [5.41, 5.74) is 8.66. The van der Waals surface area contributed by atoms with Crippen LogP contribution in [0.4, 0.5) is 5.82 Å². The summed E-state index contributed by atoms with van der Waals surface area (Å²) in [6.45, 7) is 0.592. The van der Waals surface area contributed by atoms with Gasteiger partial charge >= 0.3 is 0 Å². The topological polar surface area (TPSA) is 92.5 Å². The molecule has 0 saturated heterocycles. The molecular formula is C13H14N6. The molecule has 4 N–H and O–H groups in total. The Kier molecular flexibility index (Phi) is 3.07. The molecule has 3 aromatic rings. The smallest absolute Gasteiger partial charge is 0.182 e. The van der Waals surface area contributed by atoms with Gasteiger partial charge in [-0.3, -0.25) is 0 Å². The van der Waals surface area contributed by atoms with Gasteiger partial charge < -0.3 is 16.0 Å². The molecule has 96 valence electrons. The molecule has 0 aliphatic rings. The highest BCUT2D eigenvalue weighted by Gasteiger charge is 2.08. The lowest BCUT2D eigenvalue weighted by Crippen LogP contribution is -2.21. The molecule has 0 aliphatic carbocycles. The Morgan fingerprint density at radius 1 is 1.16 bits per heavy atom. The third-order valence-electron chi connectivity index (χ3n) is 2.94. The quantitative estimate of drug-likeness (QED) is 0.655. The van der Waals surface area contributed by atoms with Crippen molar-refractivity contribution in [3.05, 3.63) is 48.5 Å². The molecule has 0 amide bonds. The van der Waals surface area contributed by atoms with Crippen molar-refractivity contribution >= 4 is 17.0 Å². The number of hydrogen-bond acceptors (Lipinski definition) is 5. The van der Waals surface area contributed by atoms with Gasteiger partial charge in [0.25, 0.3) is 0 Å². The van der Waals surface area contributed by atoms with Crippen LogP contribution in [-0.2, 0) is 0 Å². The summed E-state index contributed by atoms with van der Waals surface area (Å²) < 4.78 is 0. The molecular weight excluding hydrogens is 240 g/mol. The number of nitrogens with one attached hydrogen (secondary N) is 2. The van der Waals surface area contributed by atoms with Crippen molar-refractivity contribution in [2.24, 2.45) is 5.73 Å². The van der Waals surface area contributed by atoms with Gasteiger partial charge in [-0.25, -0.2) is 15.0 Å². The average molecular weight is 254 g/mol. The van der Waals surface area contributed by atoms with Crippen LogP contribution in [0.3, 0.4) is 0 Å². The molecule has 3 rings (SSSR count). The first-order valence-corrected chi connectivity index (χ1v) is 6.03. The fourth-order valence-corrected chi connectivity index (χ4v) is 1.92. The van der Waals surface area contributed by atoms with E-state index in [2.05, 4.69) is 25.3 Å². The Balaban J connectivity index is 1.74. The molecule has 1 unspecified atom stereocenters. The molecule has 1 aromatic carbocycles. The number of nitrogens with two attached hydrogens (primary N) is 1. The standard InChI is InChI=1S/C13H14N6/c14-10(9-4-2-1-3-5-9)6-15-12-11-13(17-7-16-11)19-8-18-12/h1-5,7-8,10H,6,14H2,(H2,15,16,17,18,19). The second kappa shape index (κ2) is 5.03. The van der Waals surface area contributed by atoms with Gasteiger partial charge in [0.05, 0.1) is 6.33 Å². The van der Waals surface area contributed by atoms with Gasteiger partial charge in [-0.2, -0.15) is 0 Å². The minimum Gasteiger partial charge on any atom is -0.366 e. The maximum Gasteiger partial charge on any atom is 0.182 e. The van der Waals surface area contributed by atoms with E-state index in [1.165, 1.54) is 6.33 Å². The monoisotopic (exact) mass is 254 g/mol. The zero-order valence-electron chi connectivity index (χ0n) is 10.2. The average Bonchev–Trinajstić information content (AvgIpc) is 2.94. The van der Waals surface area contributed by atoms with Crippen LogP contribution in [0.1, 0.15) is 11.6 Å². The zero-order chi connectivity index (χ0) is 13.1. The number of fused-ring (bicyclic) bond motifs is 1. The summed E-state index contributed by atoms with van der Waals surface area (Å²) in [5.74, 6) is 0.717.